The summed E-state index contributed by atoms with van der Waals surface area (Å²) in [4.78, 5) is 12.3. The number of nitrogens with one attached hydrogen (secondary N) is 1. The molecule has 102 valence electrons. The van der Waals surface area contributed by atoms with E-state index in [9.17, 15) is 4.79 Å². The highest BCUT2D eigenvalue weighted by Crippen LogP contribution is 2.32. The molecule has 2 nitrogen and oxygen atoms in total. The van der Waals surface area contributed by atoms with Gasteiger partial charge in [-0.1, -0.05) is 53.5 Å². The van der Waals surface area contributed by atoms with Crippen molar-refractivity contribution >= 4 is 29.1 Å². The Hall–Kier alpha value is -1.51. The zero-order valence-corrected chi connectivity index (χ0v) is 12.2. The molecule has 0 aromatic heterocycles. The number of fused-ring (bicyclic) bond motifs is 1. The quantitative estimate of drug-likeness (QED) is 0.875. The van der Waals surface area contributed by atoms with Gasteiger partial charge in [0.1, 0.15) is 0 Å². The van der Waals surface area contributed by atoms with Gasteiger partial charge in [0.2, 0.25) is 0 Å². The SMILES string of the molecule is O=C(NC1CCc2ccccc21)c1cccc(Cl)c1Cl. The van der Waals surface area contributed by atoms with Gasteiger partial charge < -0.3 is 5.32 Å². The summed E-state index contributed by atoms with van der Waals surface area (Å²) in [5, 5.41) is 3.74. The lowest BCUT2D eigenvalue weighted by Crippen LogP contribution is -2.27. The molecule has 0 fully saturated rings. The van der Waals surface area contributed by atoms with Crippen LogP contribution in [0.2, 0.25) is 10.0 Å². The maximum absolute atomic E-state index is 12.3. The monoisotopic (exact) mass is 305 g/mol. The summed E-state index contributed by atoms with van der Waals surface area (Å²) in [6, 6.07) is 13.3. The van der Waals surface area contributed by atoms with Crippen LogP contribution in [0, 0.1) is 0 Å². The van der Waals surface area contributed by atoms with Crippen molar-refractivity contribution in [3.8, 4) is 0 Å². The van der Waals surface area contributed by atoms with Gasteiger partial charge in [-0.2, -0.15) is 0 Å². The molecule has 20 heavy (non-hydrogen) atoms. The van der Waals surface area contributed by atoms with Crippen LogP contribution in [0.4, 0.5) is 0 Å². The zero-order chi connectivity index (χ0) is 14.1. The van der Waals surface area contributed by atoms with Crippen molar-refractivity contribution in [3.05, 3.63) is 69.2 Å². The Morgan fingerprint density at radius 3 is 2.75 bits per heavy atom. The predicted octanol–water partition coefficient (Wildman–Crippen LogP) is 4.41. The van der Waals surface area contributed by atoms with Crippen LogP contribution >= 0.6 is 23.2 Å². The Labute approximate surface area is 127 Å². The fourth-order valence-electron chi connectivity index (χ4n) is 2.62. The van der Waals surface area contributed by atoms with Gasteiger partial charge in [-0.15, -0.1) is 0 Å². The van der Waals surface area contributed by atoms with Gasteiger partial charge in [-0.25, -0.2) is 0 Å². The molecule has 0 saturated heterocycles. The van der Waals surface area contributed by atoms with Crippen LogP contribution in [0.15, 0.2) is 42.5 Å². The predicted molar refractivity (Wildman–Crippen MR) is 81.4 cm³/mol. The van der Waals surface area contributed by atoms with Gasteiger partial charge in [-0.05, 0) is 36.1 Å². The molecule has 2 aromatic rings. The van der Waals surface area contributed by atoms with Crippen LogP contribution in [-0.4, -0.2) is 5.91 Å². The second-order valence-electron chi connectivity index (χ2n) is 4.86. The van der Waals surface area contributed by atoms with E-state index in [1.54, 1.807) is 18.2 Å². The van der Waals surface area contributed by atoms with Crippen molar-refractivity contribution in [2.45, 2.75) is 18.9 Å². The number of benzene rings is 2. The van der Waals surface area contributed by atoms with Crippen molar-refractivity contribution in [2.24, 2.45) is 0 Å². The Morgan fingerprint density at radius 1 is 1.10 bits per heavy atom. The number of hydrogen-bond acceptors (Lipinski definition) is 1. The van der Waals surface area contributed by atoms with Crippen LogP contribution < -0.4 is 5.32 Å². The fraction of sp³-hybridized carbons (Fsp3) is 0.188. The number of halogens is 2. The third-order valence-electron chi connectivity index (χ3n) is 3.63. The van der Waals surface area contributed by atoms with E-state index in [-0.39, 0.29) is 11.9 Å². The molecule has 0 spiro atoms. The Kier molecular flexibility index (Phi) is 3.68. The van der Waals surface area contributed by atoms with Gasteiger partial charge in [0.05, 0.1) is 21.7 Å². The highest BCUT2D eigenvalue weighted by Gasteiger charge is 2.24. The van der Waals surface area contributed by atoms with E-state index in [2.05, 4.69) is 17.4 Å². The third kappa shape index (κ3) is 2.41. The maximum Gasteiger partial charge on any atom is 0.253 e. The van der Waals surface area contributed by atoms with E-state index in [1.807, 2.05) is 12.1 Å². The van der Waals surface area contributed by atoms with Crippen molar-refractivity contribution in [3.63, 3.8) is 0 Å². The zero-order valence-electron chi connectivity index (χ0n) is 10.7. The molecule has 1 unspecified atom stereocenters. The second-order valence-corrected chi connectivity index (χ2v) is 5.65. The van der Waals surface area contributed by atoms with Gasteiger partial charge in [0.25, 0.3) is 5.91 Å². The Bertz CT molecular complexity index is 669. The van der Waals surface area contributed by atoms with Gasteiger partial charge >= 0.3 is 0 Å². The first kappa shape index (κ1) is 13.5. The molecule has 0 radical (unpaired) electrons. The van der Waals surface area contributed by atoms with E-state index in [0.29, 0.717) is 15.6 Å². The van der Waals surface area contributed by atoms with Gasteiger partial charge in [0.15, 0.2) is 0 Å². The minimum absolute atomic E-state index is 0.0498. The number of hydrogen-bond donors (Lipinski definition) is 1. The van der Waals surface area contributed by atoms with Crippen LogP contribution in [-0.2, 0) is 6.42 Å². The second kappa shape index (κ2) is 5.47. The van der Waals surface area contributed by atoms with E-state index in [4.69, 9.17) is 23.2 Å². The van der Waals surface area contributed by atoms with Crippen molar-refractivity contribution in [1.82, 2.24) is 5.32 Å². The molecule has 0 heterocycles. The average Bonchev–Trinajstić information content (AvgIpc) is 2.85. The van der Waals surface area contributed by atoms with E-state index >= 15 is 0 Å². The largest absolute Gasteiger partial charge is 0.345 e. The minimum atomic E-state index is -0.181. The summed E-state index contributed by atoms with van der Waals surface area (Å²) in [6.45, 7) is 0. The number of amides is 1. The van der Waals surface area contributed by atoms with Crippen molar-refractivity contribution in [2.75, 3.05) is 0 Å². The minimum Gasteiger partial charge on any atom is -0.345 e. The lowest BCUT2D eigenvalue weighted by Gasteiger charge is -2.15. The number of aryl methyl sites for hydroxylation is 1. The average molecular weight is 306 g/mol. The van der Waals surface area contributed by atoms with E-state index < -0.39 is 0 Å². The van der Waals surface area contributed by atoms with Crippen LogP contribution in [0.1, 0.15) is 33.9 Å². The summed E-state index contributed by atoms with van der Waals surface area (Å²) >= 11 is 12.0. The molecule has 1 N–H and O–H groups in total. The first-order valence-corrected chi connectivity index (χ1v) is 7.25. The topological polar surface area (TPSA) is 29.1 Å². The normalized spacial score (nSPS) is 16.8. The molecule has 2 aromatic carbocycles. The highest BCUT2D eigenvalue weighted by atomic mass is 35.5. The Morgan fingerprint density at radius 2 is 1.90 bits per heavy atom. The smallest absolute Gasteiger partial charge is 0.253 e. The molecule has 0 bridgehead atoms. The standard InChI is InChI=1S/C16H13Cl2NO/c17-13-7-3-6-12(15(13)18)16(20)19-14-9-8-10-4-1-2-5-11(10)14/h1-7,14H,8-9H2,(H,19,20). The summed E-state index contributed by atoms with van der Waals surface area (Å²) in [5.74, 6) is -0.181. The number of rotatable bonds is 2. The summed E-state index contributed by atoms with van der Waals surface area (Å²) in [6.07, 6.45) is 1.91. The van der Waals surface area contributed by atoms with Crippen molar-refractivity contribution < 1.29 is 4.79 Å². The van der Waals surface area contributed by atoms with E-state index in [0.717, 1.165) is 12.8 Å². The van der Waals surface area contributed by atoms with Crippen LogP contribution in [0.25, 0.3) is 0 Å². The van der Waals surface area contributed by atoms with Crippen LogP contribution in [0.3, 0.4) is 0 Å². The summed E-state index contributed by atoms with van der Waals surface area (Å²) in [5.41, 5.74) is 2.91. The van der Waals surface area contributed by atoms with E-state index in [1.165, 1.54) is 11.1 Å². The molecule has 3 rings (SSSR count). The van der Waals surface area contributed by atoms with Crippen LogP contribution in [0.5, 0.6) is 0 Å². The summed E-state index contributed by atoms with van der Waals surface area (Å²) in [7, 11) is 0. The number of carbonyl (C=O) groups is 1. The molecule has 4 heteroatoms. The first-order valence-electron chi connectivity index (χ1n) is 6.49. The maximum atomic E-state index is 12.3. The molecule has 1 atom stereocenters. The first-order chi connectivity index (χ1) is 9.66. The summed E-state index contributed by atoms with van der Waals surface area (Å²) < 4.78 is 0. The fourth-order valence-corrected chi connectivity index (χ4v) is 3.01. The molecular formula is C16H13Cl2NO. The van der Waals surface area contributed by atoms with Gasteiger partial charge in [-0.3, -0.25) is 4.79 Å². The molecular weight excluding hydrogens is 293 g/mol. The highest BCUT2D eigenvalue weighted by molar-refractivity contribution is 6.43. The number of carbonyl (C=O) groups excluding carboxylic acids is 1. The lowest BCUT2D eigenvalue weighted by molar-refractivity contribution is 0.0937. The lowest BCUT2D eigenvalue weighted by atomic mass is 10.1. The molecule has 1 aliphatic rings. The Balaban J connectivity index is 1.83. The van der Waals surface area contributed by atoms with Gasteiger partial charge in [0, 0.05) is 0 Å². The molecule has 1 amide bonds. The molecule has 0 aliphatic heterocycles. The molecule has 1 aliphatic carbocycles. The van der Waals surface area contributed by atoms with Crippen molar-refractivity contribution in [1.29, 1.82) is 0 Å². The third-order valence-corrected chi connectivity index (χ3v) is 4.45. The molecule has 0 saturated carbocycles.